The zero-order chi connectivity index (χ0) is 104. The van der Waals surface area contributed by atoms with Crippen molar-refractivity contribution >= 4 is 117 Å². The van der Waals surface area contributed by atoms with Crippen LogP contribution in [0.15, 0.2) is 97.6 Å². The molecule has 8 aliphatic heterocycles. The van der Waals surface area contributed by atoms with Gasteiger partial charge in [-0.3, -0.25) is 9.59 Å². The lowest BCUT2D eigenvalue weighted by molar-refractivity contribution is -0.142. The number of aromatic nitrogens is 8. The van der Waals surface area contributed by atoms with Gasteiger partial charge in [-0.15, -0.1) is 0 Å². The third-order valence-electron chi connectivity index (χ3n) is 27.7. The Kier molecular flexibility index (Phi) is 37.9. The van der Waals surface area contributed by atoms with Crippen LogP contribution in [0.1, 0.15) is 167 Å². The molecular weight excluding hydrogens is 1910 g/mol. The van der Waals surface area contributed by atoms with Crippen LogP contribution in [-0.4, -0.2) is 304 Å². The van der Waals surface area contributed by atoms with Crippen LogP contribution in [0.4, 0.5) is 142 Å². The van der Waals surface area contributed by atoms with Gasteiger partial charge in [0.25, 0.3) is 0 Å². The van der Waals surface area contributed by atoms with E-state index in [4.69, 9.17) is 19.2 Å². The monoisotopic (exact) mass is 2050 g/mol. The smallest absolute Gasteiger partial charge is 0.421 e. The molecule has 8 saturated heterocycles. The number of aryl methyl sites for hydroxylation is 3. The fourth-order valence-electron chi connectivity index (χ4n) is 18.8. The highest BCUT2D eigenvalue weighted by Gasteiger charge is 2.40. The highest BCUT2D eigenvalue weighted by Crippen LogP contribution is 2.47. The first-order chi connectivity index (χ1) is 71.0. The van der Waals surface area contributed by atoms with Crippen LogP contribution in [0, 0.1) is 17.2 Å². The van der Waals surface area contributed by atoms with Gasteiger partial charge in [0, 0.05) is 252 Å². The maximum Gasteiger partial charge on any atom is 0.421 e. The molecule has 0 spiro atoms. The number of amides is 4. The first-order valence-electron chi connectivity index (χ1n) is 51.7. The van der Waals surface area contributed by atoms with Gasteiger partial charge >= 0.3 is 30.7 Å². The van der Waals surface area contributed by atoms with Gasteiger partial charge in [0.1, 0.15) is 46.6 Å². The largest absolute Gasteiger partial charge is 0.449 e. The normalized spacial score (nSPS) is 18.2. The number of nitrogens with one attached hydrogen (secondary N) is 9. The number of carbonyl (C=O) groups excluding carboxylic acids is 4. The number of piperidine rings is 1. The van der Waals surface area contributed by atoms with E-state index in [0.29, 0.717) is 122 Å². The van der Waals surface area contributed by atoms with Crippen LogP contribution in [0.2, 0.25) is 0 Å². The second-order valence-electron chi connectivity index (χ2n) is 38.4. The molecule has 44 heteroatoms. The number of anilines is 16. The zero-order valence-corrected chi connectivity index (χ0v) is 84.5. The summed E-state index contributed by atoms with van der Waals surface area (Å²) in [6, 6.07) is 27.1. The lowest BCUT2D eigenvalue weighted by Crippen LogP contribution is -2.44. The Morgan fingerprint density at radius 2 is 0.782 bits per heavy atom. The van der Waals surface area contributed by atoms with E-state index in [1.165, 1.54) is 35.3 Å². The Morgan fingerprint density at radius 3 is 1.19 bits per heavy atom. The number of nitrogens with zero attached hydrogens (tertiary/aromatic N) is 19. The first-order valence-corrected chi connectivity index (χ1v) is 51.7. The second kappa shape index (κ2) is 51.5. The number of morpholine rings is 1. The number of carbonyl (C=O) groups is 4. The minimum atomic E-state index is -4.60. The number of likely N-dealkylation sites (tertiary alicyclic amines) is 1. The SMILES string of the molecule is CCc1cc(N2CCN(C)CC2)ccc1Nc1ncc(C2CC2)c(NCCCN2CCCOC2=O)n1.CCc1cc(N2CCNCC2)ccc1Nc1ncc(C(F)(F)F)c(NCCCN2CCCOC2=O)n1.CCc1cc(N2CC[C@H](C#N)C2)ccc1Nc1ncc(C(F)(F)F)c(NCCCN2CCCCC2=O)n1.CN1CCN(c2ccc(Nc3ncc(C(F)(F)F)c(NCCCN4CCOCC4=O)n3)c(C3CC3)c2)CC1. The van der Waals surface area contributed by atoms with E-state index in [-0.39, 0.29) is 91.5 Å². The van der Waals surface area contributed by atoms with E-state index in [1.807, 2.05) is 56.4 Å². The van der Waals surface area contributed by atoms with Gasteiger partial charge in [0.15, 0.2) is 0 Å². The molecule has 794 valence electrons. The van der Waals surface area contributed by atoms with Gasteiger partial charge in [-0.25, -0.2) is 29.5 Å². The Balaban J connectivity index is 0.000000147. The number of ether oxygens (including phenoxy) is 3. The summed E-state index contributed by atoms with van der Waals surface area (Å²) in [7, 11) is 4.31. The van der Waals surface area contributed by atoms with Crippen LogP contribution in [0.25, 0.3) is 0 Å². The van der Waals surface area contributed by atoms with Crippen molar-refractivity contribution in [3.63, 3.8) is 0 Å². The number of rotatable bonds is 37. The van der Waals surface area contributed by atoms with Crippen molar-refractivity contribution in [2.75, 3.05) is 273 Å². The lowest BCUT2D eigenvalue weighted by Gasteiger charge is -2.34. The minimum absolute atomic E-state index is 0.0229. The number of piperazine rings is 3. The number of alkyl halides is 9. The quantitative estimate of drug-likeness (QED) is 0.0129. The first kappa shape index (κ1) is 108. The maximum atomic E-state index is 13.7. The summed E-state index contributed by atoms with van der Waals surface area (Å²) >= 11 is 0. The standard InChI is InChI=1S/C27H39N7O2.C26H34F3N7O2.C26H32F3N7O.C24H32F3N7O2/c1-3-20-18-22(33-15-13-32(2)14-16-33)8-9-24(20)30-26-29-19-23(21-6-7-21)25(31-26)28-10-4-11-34-12-5-17-36-27(34)35;1-34-9-11-35(12-10-34)19-5-6-22(20(15-19)18-3-4-18)32-25-31-16-21(26(27,28)29)24(33-25)30-7-2-8-36-13-14-38-17-23(36)37;1-2-19-14-20(36-13-9-18(15-30)17-36)7-8-22(19)33-25-32-16-21(26(27,28)29)24(34-25)31-10-5-12-35-11-4-3-6-23(35)37;1-2-17-15-18(33-12-8-28-9-13-33)5-6-20(17)31-22-30-16-19(24(25,26)27)21(32-22)29-7-3-10-34-11-4-14-36-23(34)35/h8-9,18-19,21H,3-7,10-17H2,1-2H3,(H2,28,29,30,31);5-6,15-16,18H,2-4,7-14,17H2,1H3,(H2,30,31,32,33);7-8,14,16,18H,2-6,9-13,17H2,1H3,(H2,31,32,33,34);5-6,15-16,28H,2-4,7-14H2,1H3,(H2,29,30,31,32)/t;;18-;/m..1./s1. The van der Waals surface area contributed by atoms with Gasteiger partial charge < -0.3 is 111 Å². The van der Waals surface area contributed by atoms with E-state index in [9.17, 15) is 64.0 Å². The molecule has 0 bridgehead atoms. The summed E-state index contributed by atoms with van der Waals surface area (Å²) in [6.45, 7) is 27.2. The van der Waals surface area contributed by atoms with Crippen LogP contribution < -0.4 is 67.5 Å². The molecule has 0 radical (unpaired) electrons. The average molecular weight is 2050 g/mol. The van der Waals surface area contributed by atoms with Crippen molar-refractivity contribution in [1.82, 2.24) is 74.6 Å². The van der Waals surface area contributed by atoms with Crippen molar-refractivity contribution in [2.24, 2.45) is 5.92 Å². The number of nitriles is 1. The molecule has 2 saturated carbocycles. The van der Waals surface area contributed by atoms with Crippen molar-refractivity contribution in [1.29, 1.82) is 5.26 Å². The third-order valence-corrected chi connectivity index (χ3v) is 27.7. The summed E-state index contributed by atoms with van der Waals surface area (Å²) in [5.74, 6) is 1.91. The Bertz CT molecular complexity index is 5760. The maximum absolute atomic E-state index is 13.7. The highest BCUT2D eigenvalue weighted by atomic mass is 19.4. The number of likely N-dealkylation sites (N-methyl/N-ethyl adjacent to an activating group) is 2. The van der Waals surface area contributed by atoms with Crippen LogP contribution in [-0.2, 0) is 61.6 Å². The molecule has 0 unspecified atom stereocenters. The molecule has 10 fully saturated rings. The van der Waals surface area contributed by atoms with E-state index in [1.54, 1.807) is 19.6 Å². The van der Waals surface area contributed by atoms with Crippen molar-refractivity contribution in [3.8, 4) is 6.07 Å². The number of hydrogen-bond acceptors (Lipinski definition) is 31. The molecule has 4 amide bonds. The fraction of sp³-hybridized carbons (Fsp3) is 0.563. The van der Waals surface area contributed by atoms with Crippen molar-refractivity contribution in [3.05, 3.63) is 142 Å². The number of hydrogen-bond donors (Lipinski definition) is 9. The summed E-state index contributed by atoms with van der Waals surface area (Å²) < 4.78 is 138. The molecule has 18 rings (SSSR count). The summed E-state index contributed by atoms with van der Waals surface area (Å²) in [6.07, 6.45) is 4.10. The van der Waals surface area contributed by atoms with E-state index < -0.39 is 35.2 Å². The molecule has 4 aromatic heterocycles. The van der Waals surface area contributed by atoms with Gasteiger partial charge in [0.05, 0.1) is 31.8 Å². The molecule has 9 N–H and O–H groups in total. The zero-order valence-electron chi connectivity index (χ0n) is 84.5. The molecule has 35 nitrogen and oxygen atoms in total. The van der Waals surface area contributed by atoms with Crippen LogP contribution in [0.3, 0.4) is 0 Å². The second-order valence-corrected chi connectivity index (χ2v) is 38.4. The predicted octanol–water partition coefficient (Wildman–Crippen LogP) is 16.4. The lowest BCUT2D eigenvalue weighted by atomic mass is 10.1. The van der Waals surface area contributed by atoms with Crippen molar-refractivity contribution in [2.45, 2.75) is 160 Å². The van der Waals surface area contributed by atoms with Gasteiger partial charge in [-0.1, -0.05) is 20.8 Å². The molecule has 1 atom stereocenters. The Labute approximate surface area is 852 Å². The Hall–Kier alpha value is -13.0. The Morgan fingerprint density at radius 1 is 0.401 bits per heavy atom. The molecule has 8 aromatic rings. The molecule has 4 aromatic carbocycles. The topological polar surface area (TPSA) is 364 Å². The summed E-state index contributed by atoms with van der Waals surface area (Å²) in [5.41, 5.74) is 10.8. The van der Waals surface area contributed by atoms with Gasteiger partial charge in [-0.2, -0.15) is 64.7 Å². The van der Waals surface area contributed by atoms with Crippen LogP contribution >= 0.6 is 0 Å². The third kappa shape index (κ3) is 30.8. The van der Waals surface area contributed by atoms with E-state index >= 15 is 0 Å². The molecule has 12 heterocycles. The number of cyclic esters (lactones) is 2. The molecular formula is C103H137F9N28O7. The van der Waals surface area contributed by atoms with Gasteiger partial charge in [0.2, 0.25) is 35.6 Å². The predicted molar refractivity (Wildman–Crippen MR) is 550 cm³/mol. The number of halogens is 9. The fourth-order valence-corrected chi connectivity index (χ4v) is 18.8. The summed E-state index contributed by atoms with van der Waals surface area (Å²) in [5, 5.41) is 37.2. The van der Waals surface area contributed by atoms with Crippen molar-refractivity contribution < 1.29 is 72.9 Å². The van der Waals surface area contributed by atoms with Crippen LogP contribution in [0.5, 0.6) is 0 Å². The van der Waals surface area contributed by atoms with E-state index in [2.05, 4.69) is 176 Å². The average Bonchev–Trinajstić information content (AvgIpc) is 1.68. The molecule has 2 aliphatic carbocycles. The molecule has 147 heavy (non-hydrogen) atoms. The minimum Gasteiger partial charge on any atom is -0.449 e. The van der Waals surface area contributed by atoms with E-state index in [0.717, 1.165) is 238 Å². The van der Waals surface area contributed by atoms with Gasteiger partial charge in [-0.05, 0) is 224 Å². The number of benzene rings is 4. The molecule has 10 aliphatic rings. The summed E-state index contributed by atoms with van der Waals surface area (Å²) in [4.78, 5) is 102. The highest BCUT2D eigenvalue weighted by molar-refractivity contribution is 5.79.